The van der Waals surface area contributed by atoms with Crippen LogP contribution in [0.1, 0.15) is 36.0 Å². The van der Waals surface area contributed by atoms with E-state index in [0.29, 0.717) is 5.56 Å². The molecule has 0 saturated heterocycles. The van der Waals surface area contributed by atoms with E-state index in [4.69, 9.17) is 4.74 Å². The number of fused-ring (bicyclic) bond motifs is 1. The molecule has 1 aliphatic rings. The Morgan fingerprint density at radius 2 is 1.92 bits per heavy atom. The Balaban J connectivity index is 1.30. The number of carbonyl (C=O) groups excluding carboxylic acids is 1. The molecule has 134 valence electrons. The molecule has 2 heterocycles. The topological polar surface area (TPSA) is 79.9 Å². The first kappa shape index (κ1) is 16.5. The van der Waals surface area contributed by atoms with Gasteiger partial charge in [-0.15, -0.1) is 0 Å². The Labute approximate surface area is 149 Å². The molecule has 7 heteroatoms. The molecule has 3 aromatic rings. The van der Waals surface area contributed by atoms with Gasteiger partial charge in [-0.25, -0.2) is 14.4 Å². The molecule has 4 rings (SSSR count). The van der Waals surface area contributed by atoms with Crippen molar-refractivity contribution >= 4 is 16.8 Å². The maximum absolute atomic E-state index is 12.8. The van der Waals surface area contributed by atoms with Crippen LogP contribution in [-0.2, 0) is 0 Å². The molecular weight excluding hydrogens is 335 g/mol. The van der Waals surface area contributed by atoms with E-state index in [-0.39, 0.29) is 24.1 Å². The predicted molar refractivity (Wildman–Crippen MR) is 94.4 cm³/mol. The second kappa shape index (κ2) is 7.11. The summed E-state index contributed by atoms with van der Waals surface area (Å²) in [7, 11) is 0. The van der Waals surface area contributed by atoms with Crippen molar-refractivity contribution in [2.45, 2.75) is 37.8 Å². The van der Waals surface area contributed by atoms with Crippen molar-refractivity contribution in [1.29, 1.82) is 0 Å². The third-order valence-electron chi connectivity index (χ3n) is 4.69. The van der Waals surface area contributed by atoms with E-state index in [0.717, 1.165) is 49.0 Å². The lowest BCUT2D eigenvalue weighted by Crippen LogP contribution is -2.39. The number of aromatic nitrogens is 3. The minimum absolute atomic E-state index is 0.00943. The van der Waals surface area contributed by atoms with Crippen molar-refractivity contribution in [2.75, 3.05) is 0 Å². The lowest BCUT2D eigenvalue weighted by atomic mass is 9.92. The zero-order valence-corrected chi connectivity index (χ0v) is 14.1. The van der Waals surface area contributed by atoms with Crippen LogP contribution in [0.4, 0.5) is 4.39 Å². The van der Waals surface area contributed by atoms with Crippen LogP contribution >= 0.6 is 0 Å². The van der Waals surface area contributed by atoms with E-state index < -0.39 is 5.82 Å². The van der Waals surface area contributed by atoms with Crippen molar-refractivity contribution in [2.24, 2.45) is 0 Å². The van der Waals surface area contributed by atoms with E-state index >= 15 is 0 Å². The standard InChI is InChI=1S/C19H19FN4O2/c20-14-10-22-19(23-11-14)26-16-4-2-15(3-5-16)24-18(25)13-1-6-17-12(9-13)7-8-21-17/h1,6-11,15-16,21H,2-5H2,(H,24,25). The predicted octanol–water partition coefficient (Wildman–Crippen LogP) is 3.22. The minimum Gasteiger partial charge on any atom is -0.460 e. The van der Waals surface area contributed by atoms with Crippen molar-refractivity contribution in [3.63, 3.8) is 0 Å². The molecule has 1 fully saturated rings. The molecule has 6 nitrogen and oxygen atoms in total. The number of hydrogen-bond acceptors (Lipinski definition) is 4. The molecular formula is C19H19FN4O2. The van der Waals surface area contributed by atoms with Gasteiger partial charge in [0, 0.05) is 28.7 Å². The highest BCUT2D eigenvalue weighted by Gasteiger charge is 2.24. The number of aromatic amines is 1. The quantitative estimate of drug-likeness (QED) is 0.754. The second-order valence-corrected chi connectivity index (χ2v) is 6.53. The van der Waals surface area contributed by atoms with Crippen LogP contribution in [0.15, 0.2) is 42.9 Å². The molecule has 0 atom stereocenters. The van der Waals surface area contributed by atoms with Gasteiger partial charge in [0.05, 0.1) is 12.4 Å². The van der Waals surface area contributed by atoms with E-state index in [1.807, 2.05) is 30.5 Å². The fraction of sp³-hybridized carbons (Fsp3) is 0.316. The van der Waals surface area contributed by atoms with Crippen molar-refractivity contribution in [3.05, 3.63) is 54.2 Å². The van der Waals surface area contributed by atoms with Crippen LogP contribution in [0.2, 0.25) is 0 Å². The highest BCUT2D eigenvalue weighted by molar-refractivity contribution is 5.98. The van der Waals surface area contributed by atoms with E-state index in [1.165, 1.54) is 0 Å². The molecule has 0 radical (unpaired) electrons. The van der Waals surface area contributed by atoms with Gasteiger partial charge in [0.15, 0.2) is 5.82 Å². The van der Waals surface area contributed by atoms with Gasteiger partial charge in [-0.1, -0.05) is 0 Å². The Morgan fingerprint density at radius 1 is 1.15 bits per heavy atom. The summed E-state index contributed by atoms with van der Waals surface area (Å²) < 4.78 is 18.5. The molecule has 0 bridgehead atoms. The third kappa shape index (κ3) is 3.66. The van der Waals surface area contributed by atoms with Gasteiger partial charge in [-0.05, 0) is 49.9 Å². The molecule has 1 saturated carbocycles. The van der Waals surface area contributed by atoms with Gasteiger partial charge in [-0.2, -0.15) is 0 Å². The maximum Gasteiger partial charge on any atom is 0.316 e. The van der Waals surface area contributed by atoms with E-state index in [2.05, 4.69) is 20.3 Å². The first-order chi connectivity index (χ1) is 12.7. The Hall–Kier alpha value is -2.96. The first-order valence-corrected chi connectivity index (χ1v) is 8.69. The lowest BCUT2D eigenvalue weighted by Gasteiger charge is -2.28. The Kier molecular flexibility index (Phi) is 4.51. The number of benzene rings is 1. The summed E-state index contributed by atoms with van der Waals surface area (Å²) in [4.78, 5) is 23.2. The van der Waals surface area contributed by atoms with Gasteiger partial charge < -0.3 is 15.0 Å². The number of rotatable bonds is 4. The van der Waals surface area contributed by atoms with Crippen molar-refractivity contribution in [3.8, 4) is 6.01 Å². The van der Waals surface area contributed by atoms with Gasteiger partial charge in [0.2, 0.25) is 0 Å². The van der Waals surface area contributed by atoms with Crippen molar-refractivity contribution in [1.82, 2.24) is 20.3 Å². The van der Waals surface area contributed by atoms with Gasteiger partial charge in [-0.3, -0.25) is 4.79 Å². The summed E-state index contributed by atoms with van der Waals surface area (Å²) in [5, 5.41) is 4.12. The largest absolute Gasteiger partial charge is 0.460 e. The Bertz CT molecular complexity index is 901. The number of H-pyrrole nitrogens is 1. The van der Waals surface area contributed by atoms with Crippen LogP contribution in [0, 0.1) is 5.82 Å². The summed E-state index contributed by atoms with van der Waals surface area (Å²) in [6, 6.07) is 7.90. The average Bonchev–Trinajstić information content (AvgIpc) is 3.13. The average molecular weight is 354 g/mol. The number of ether oxygens (including phenoxy) is 1. The van der Waals surface area contributed by atoms with Crippen molar-refractivity contribution < 1.29 is 13.9 Å². The highest BCUT2D eigenvalue weighted by atomic mass is 19.1. The zero-order valence-electron chi connectivity index (χ0n) is 14.1. The van der Waals surface area contributed by atoms with E-state index in [1.54, 1.807) is 0 Å². The molecule has 0 unspecified atom stereocenters. The number of halogens is 1. The monoisotopic (exact) mass is 354 g/mol. The van der Waals surface area contributed by atoms with Gasteiger partial charge >= 0.3 is 6.01 Å². The fourth-order valence-electron chi connectivity index (χ4n) is 3.30. The van der Waals surface area contributed by atoms with Gasteiger partial charge in [0.25, 0.3) is 5.91 Å². The second-order valence-electron chi connectivity index (χ2n) is 6.53. The lowest BCUT2D eigenvalue weighted by molar-refractivity contribution is 0.0885. The van der Waals surface area contributed by atoms with Gasteiger partial charge in [0.1, 0.15) is 6.10 Å². The summed E-state index contributed by atoms with van der Waals surface area (Å²) in [5.41, 5.74) is 1.68. The molecule has 0 aliphatic heterocycles. The minimum atomic E-state index is -0.485. The number of nitrogens with one attached hydrogen (secondary N) is 2. The number of nitrogens with zero attached hydrogens (tertiary/aromatic N) is 2. The van der Waals surface area contributed by atoms with Crippen LogP contribution in [0.3, 0.4) is 0 Å². The molecule has 1 amide bonds. The molecule has 2 N–H and O–H groups in total. The molecule has 2 aromatic heterocycles. The van der Waals surface area contributed by atoms with Crippen LogP contribution in [-0.4, -0.2) is 33.0 Å². The maximum atomic E-state index is 12.8. The molecule has 1 aliphatic carbocycles. The fourth-order valence-corrected chi connectivity index (χ4v) is 3.30. The number of amides is 1. The summed E-state index contributed by atoms with van der Waals surface area (Å²) in [5.74, 6) is -0.541. The first-order valence-electron chi connectivity index (χ1n) is 8.69. The van der Waals surface area contributed by atoms with Crippen LogP contribution < -0.4 is 10.1 Å². The number of hydrogen-bond donors (Lipinski definition) is 2. The molecule has 1 aromatic carbocycles. The zero-order chi connectivity index (χ0) is 17.9. The van der Waals surface area contributed by atoms with Crippen LogP contribution in [0.25, 0.3) is 10.9 Å². The normalized spacial score (nSPS) is 20.0. The molecule has 0 spiro atoms. The van der Waals surface area contributed by atoms with Crippen LogP contribution in [0.5, 0.6) is 6.01 Å². The smallest absolute Gasteiger partial charge is 0.316 e. The summed E-state index contributed by atoms with van der Waals surface area (Å²) in [6.45, 7) is 0. The third-order valence-corrected chi connectivity index (χ3v) is 4.69. The SMILES string of the molecule is O=C(NC1CCC(Oc2ncc(F)cn2)CC1)c1ccc2[nH]ccc2c1. The summed E-state index contributed by atoms with van der Waals surface area (Å²) >= 11 is 0. The summed E-state index contributed by atoms with van der Waals surface area (Å²) in [6.07, 6.45) is 7.27. The molecule has 26 heavy (non-hydrogen) atoms. The van der Waals surface area contributed by atoms with E-state index in [9.17, 15) is 9.18 Å². The highest BCUT2D eigenvalue weighted by Crippen LogP contribution is 2.23. The Morgan fingerprint density at radius 3 is 2.69 bits per heavy atom. The number of carbonyl (C=O) groups is 1.